The Bertz CT molecular complexity index is 1720. The minimum atomic E-state index is -5.80. The predicted octanol–water partition coefficient (Wildman–Crippen LogP) is 9.12. The summed E-state index contributed by atoms with van der Waals surface area (Å²) in [5.74, 6) is -0.102. The van der Waals surface area contributed by atoms with E-state index in [0.717, 1.165) is 66.7 Å². The number of nitrogens with zero attached hydrogens (tertiary/aromatic N) is 2. The molecule has 1 amide bonds. The van der Waals surface area contributed by atoms with E-state index in [4.69, 9.17) is 16.3 Å². The lowest BCUT2D eigenvalue weighted by atomic mass is 9.71. The lowest BCUT2D eigenvalue weighted by molar-refractivity contribution is -0.0500. The van der Waals surface area contributed by atoms with E-state index in [-0.39, 0.29) is 11.5 Å². The number of benzene rings is 3. The van der Waals surface area contributed by atoms with E-state index in [0.29, 0.717) is 31.0 Å². The van der Waals surface area contributed by atoms with E-state index in [1.54, 1.807) is 12.1 Å². The van der Waals surface area contributed by atoms with Crippen LogP contribution in [0.4, 0.5) is 23.7 Å². The summed E-state index contributed by atoms with van der Waals surface area (Å²) in [6.45, 7) is 8.85. The molecule has 49 heavy (non-hydrogen) atoms. The first kappa shape index (κ1) is 36.6. The SMILES string of the molecule is CC(C)(C)OC(=O)N1CCC2(CC1)CCN(c1ccc(/C(=C(/CCCl)c3ccccc3)c3ccc(OS(=O)(=O)C(F)(F)F)cc3)cc1)CC2. The molecule has 264 valence electrons. The molecule has 0 N–H and O–H groups in total. The number of carbonyl (C=O) groups is 1. The van der Waals surface area contributed by atoms with Gasteiger partial charge in [0.05, 0.1) is 0 Å². The third-order valence-corrected chi connectivity index (χ3v) is 10.4. The van der Waals surface area contributed by atoms with Gasteiger partial charge in [0.25, 0.3) is 0 Å². The highest BCUT2D eigenvalue weighted by atomic mass is 35.5. The lowest BCUT2D eigenvalue weighted by Gasteiger charge is -2.47. The number of hydrogen-bond acceptors (Lipinski definition) is 6. The summed E-state index contributed by atoms with van der Waals surface area (Å²) in [4.78, 5) is 16.8. The number of rotatable bonds is 8. The fourth-order valence-corrected chi connectivity index (χ4v) is 7.23. The van der Waals surface area contributed by atoms with Crippen molar-refractivity contribution in [3.05, 3.63) is 95.6 Å². The number of piperidine rings is 2. The number of halogens is 4. The van der Waals surface area contributed by atoms with Crippen LogP contribution in [0.5, 0.6) is 5.75 Å². The van der Waals surface area contributed by atoms with Crippen molar-refractivity contribution in [2.24, 2.45) is 5.41 Å². The van der Waals surface area contributed by atoms with E-state index in [1.807, 2.05) is 68.1 Å². The van der Waals surface area contributed by atoms with Gasteiger partial charge in [0, 0.05) is 37.7 Å². The molecule has 0 unspecified atom stereocenters. The van der Waals surface area contributed by atoms with E-state index in [2.05, 4.69) is 21.2 Å². The Balaban J connectivity index is 1.35. The third kappa shape index (κ3) is 8.91. The molecule has 7 nitrogen and oxygen atoms in total. The highest BCUT2D eigenvalue weighted by Crippen LogP contribution is 2.43. The maximum absolute atomic E-state index is 12.9. The van der Waals surface area contributed by atoms with Gasteiger partial charge in [-0.25, -0.2) is 4.79 Å². The summed E-state index contributed by atoms with van der Waals surface area (Å²) in [5, 5.41) is 0. The summed E-state index contributed by atoms with van der Waals surface area (Å²) < 4.78 is 71.8. The normalized spacial score (nSPS) is 17.4. The molecule has 3 aromatic carbocycles. The van der Waals surface area contributed by atoms with Gasteiger partial charge in [-0.3, -0.25) is 0 Å². The molecule has 0 aromatic heterocycles. The van der Waals surface area contributed by atoms with Gasteiger partial charge in [0.15, 0.2) is 0 Å². The van der Waals surface area contributed by atoms with Crippen LogP contribution < -0.4 is 9.08 Å². The zero-order valence-corrected chi connectivity index (χ0v) is 29.5. The maximum atomic E-state index is 12.9. The van der Waals surface area contributed by atoms with Gasteiger partial charge in [0.1, 0.15) is 11.4 Å². The molecule has 0 bridgehead atoms. The van der Waals surface area contributed by atoms with Crippen molar-refractivity contribution in [1.82, 2.24) is 4.90 Å². The van der Waals surface area contributed by atoms with Gasteiger partial charge < -0.3 is 18.7 Å². The summed E-state index contributed by atoms with van der Waals surface area (Å²) in [6, 6.07) is 23.5. The predicted molar refractivity (Wildman–Crippen MR) is 187 cm³/mol. The largest absolute Gasteiger partial charge is 0.534 e. The third-order valence-electron chi connectivity index (χ3n) is 9.22. The second-order valence-electron chi connectivity index (χ2n) is 13.7. The van der Waals surface area contributed by atoms with E-state index < -0.39 is 27.0 Å². The lowest BCUT2D eigenvalue weighted by Crippen LogP contribution is -2.49. The second-order valence-corrected chi connectivity index (χ2v) is 15.6. The molecule has 3 aromatic rings. The van der Waals surface area contributed by atoms with Gasteiger partial charge >= 0.3 is 21.7 Å². The Labute approximate surface area is 291 Å². The summed E-state index contributed by atoms with van der Waals surface area (Å²) >= 11 is 6.28. The summed E-state index contributed by atoms with van der Waals surface area (Å²) in [6.07, 6.45) is 4.27. The highest BCUT2D eigenvalue weighted by molar-refractivity contribution is 7.88. The van der Waals surface area contributed by atoms with Gasteiger partial charge in [-0.1, -0.05) is 54.6 Å². The quantitative estimate of drug-likeness (QED) is 0.100. The van der Waals surface area contributed by atoms with Crippen LogP contribution in [0.25, 0.3) is 11.1 Å². The molecule has 2 aliphatic heterocycles. The Kier molecular flexibility index (Phi) is 10.9. The number of ether oxygens (including phenoxy) is 1. The second kappa shape index (κ2) is 14.6. The number of anilines is 1. The number of amides is 1. The zero-order chi connectivity index (χ0) is 35.5. The standard InChI is InChI=1S/C37H42ClF3N2O5S/c1-35(2,3)47-34(44)43-25-20-36(21-26-43)18-23-42(24-19-36)30-13-9-28(10-14-30)33(32(17-22-38)27-7-5-4-6-8-27)29-11-15-31(16-12-29)48-49(45,46)37(39,40)41/h4-16H,17-26H2,1-3H3/b33-32+. The van der Waals surface area contributed by atoms with Crippen molar-refractivity contribution in [3.63, 3.8) is 0 Å². The van der Waals surface area contributed by atoms with Crippen molar-refractivity contribution >= 4 is 44.6 Å². The van der Waals surface area contributed by atoms with Crippen molar-refractivity contribution in [1.29, 1.82) is 0 Å². The van der Waals surface area contributed by atoms with Crippen molar-refractivity contribution < 1.29 is 35.3 Å². The van der Waals surface area contributed by atoms with E-state index >= 15 is 0 Å². The molecule has 2 fully saturated rings. The fourth-order valence-electron chi connectivity index (χ4n) is 6.58. The summed E-state index contributed by atoms with van der Waals surface area (Å²) in [5.41, 5.74) is -0.472. The van der Waals surface area contributed by atoms with Gasteiger partial charge in [-0.15, -0.1) is 11.6 Å². The molecule has 2 heterocycles. The molecular weight excluding hydrogens is 677 g/mol. The molecule has 12 heteroatoms. The fraction of sp³-hybridized carbons (Fsp3) is 0.432. The zero-order valence-electron chi connectivity index (χ0n) is 27.9. The molecule has 5 rings (SSSR count). The van der Waals surface area contributed by atoms with Gasteiger partial charge in [-0.05, 0) is 110 Å². The average Bonchev–Trinajstić information content (AvgIpc) is 3.05. The summed E-state index contributed by atoms with van der Waals surface area (Å²) in [7, 11) is -5.80. The first-order valence-corrected chi connectivity index (χ1v) is 18.3. The monoisotopic (exact) mass is 718 g/mol. The smallest absolute Gasteiger partial charge is 0.444 e. The van der Waals surface area contributed by atoms with Crippen LogP contribution in [0.1, 0.15) is 69.6 Å². The van der Waals surface area contributed by atoms with Crippen LogP contribution in [-0.4, -0.2) is 62.6 Å². The van der Waals surface area contributed by atoms with Crippen LogP contribution >= 0.6 is 11.6 Å². The van der Waals surface area contributed by atoms with E-state index in [1.165, 1.54) is 12.1 Å². The number of allylic oxidation sites excluding steroid dienone is 1. The molecule has 0 atom stereocenters. The molecular formula is C37H42ClF3N2O5S. The molecule has 1 spiro atoms. The minimum absolute atomic E-state index is 0.215. The van der Waals surface area contributed by atoms with Crippen LogP contribution in [0.2, 0.25) is 0 Å². The van der Waals surface area contributed by atoms with Crippen LogP contribution in [-0.2, 0) is 14.9 Å². The van der Waals surface area contributed by atoms with Crippen LogP contribution in [0.3, 0.4) is 0 Å². The highest BCUT2D eigenvalue weighted by Gasteiger charge is 2.48. The number of carbonyl (C=O) groups excluding carboxylic acids is 1. The number of hydrogen-bond donors (Lipinski definition) is 0. The number of alkyl halides is 4. The first-order chi connectivity index (χ1) is 23.1. The van der Waals surface area contributed by atoms with Crippen molar-refractivity contribution in [3.8, 4) is 5.75 Å². The van der Waals surface area contributed by atoms with Crippen LogP contribution in [0.15, 0.2) is 78.9 Å². The number of likely N-dealkylation sites (tertiary alicyclic amines) is 1. The maximum Gasteiger partial charge on any atom is 0.534 e. The Hall–Kier alpha value is -3.70. The Morgan fingerprint density at radius 3 is 1.84 bits per heavy atom. The van der Waals surface area contributed by atoms with Crippen LogP contribution in [0, 0.1) is 5.41 Å². The Morgan fingerprint density at radius 1 is 0.796 bits per heavy atom. The molecule has 0 saturated carbocycles. The molecule has 2 saturated heterocycles. The topological polar surface area (TPSA) is 76.2 Å². The van der Waals surface area contributed by atoms with Gasteiger partial charge in [-0.2, -0.15) is 21.6 Å². The van der Waals surface area contributed by atoms with Crippen molar-refractivity contribution in [2.75, 3.05) is 37.0 Å². The van der Waals surface area contributed by atoms with Crippen molar-refractivity contribution in [2.45, 2.75) is 64.0 Å². The Morgan fingerprint density at radius 2 is 1.33 bits per heavy atom. The van der Waals surface area contributed by atoms with Gasteiger partial charge in [0.2, 0.25) is 0 Å². The molecule has 0 radical (unpaired) electrons. The first-order valence-electron chi connectivity index (χ1n) is 16.4. The van der Waals surface area contributed by atoms with E-state index in [9.17, 15) is 26.4 Å². The minimum Gasteiger partial charge on any atom is -0.444 e. The molecule has 2 aliphatic rings. The average molecular weight is 719 g/mol. The molecule has 0 aliphatic carbocycles.